The summed E-state index contributed by atoms with van der Waals surface area (Å²) in [5.41, 5.74) is -0.867. The Kier molecular flexibility index (Phi) is 12.5. The lowest BCUT2D eigenvalue weighted by Crippen LogP contribution is -2.44. The van der Waals surface area contributed by atoms with Crippen LogP contribution in [0.4, 0.5) is 0 Å². The minimum Gasteiger partial charge on any atom is -0.481 e. The second kappa shape index (κ2) is 14.0. The first kappa shape index (κ1) is 25.0. The first-order valence-electron chi connectivity index (χ1n) is 11.9. The molecule has 1 N–H and O–H groups in total. The van der Waals surface area contributed by atoms with Crippen LogP contribution in [0.5, 0.6) is 0 Å². The highest BCUT2D eigenvalue weighted by atomic mass is 16.5. The second-order valence-electron chi connectivity index (χ2n) is 8.99. The molecule has 0 amide bonds. The van der Waals surface area contributed by atoms with Crippen molar-refractivity contribution in [3.63, 3.8) is 0 Å². The van der Waals surface area contributed by atoms with Crippen molar-refractivity contribution in [1.82, 2.24) is 0 Å². The van der Waals surface area contributed by atoms with Crippen LogP contribution in [-0.2, 0) is 14.3 Å². The molecule has 3 atom stereocenters. The van der Waals surface area contributed by atoms with E-state index in [1.807, 2.05) is 0 Å². The number of aliphatic carboxylic acids is 1. The van der Waals surface area contributed by atoms with Gasteiger partial charge >= 0.3 is 11.9 Å². The van der Waals surface area contributed by atoms with Crippen molar-refractivity contribution in [1.29, 1.82) is 0 Å². The van der Waals surface area contributed by atoms with E-state index in [9.17, 15) is 14.7 Å². The van der Waals surface area contributed by atoms with Crippen LogP contribution in [0.15, 0.2) is 0 Å². The highest BCUT2D eigenvalue weighted by molar-refractivity contribution is 5.84. The van der Waals surface area contributed by atoms with E-state index in [4.69, 9.17) is 4.74 Å². The molecule has 1 aliphatic carbocycles. The van der Waals surface area contributed by atoms with Crippen molar-refractivity contribution in [3.05, 3.63) is 0 Å². The van der Waals surface area contributed by atoms with E-state index >= 15 is 0 Å². The molecule has 0 radical (unpaired) electrons. The Labute approximate surface area is 172 Å². The summed E-state index contributed by atoms with van der Waals surface area (Å²) in [4.78, 5) is 24.6. The van der Waals surface area contributed by atoms with Gasteiger partial charge < -0.3 is 9.84 Å². The molecule has 0 heterocycles. The van der Waals surface area contributed by atoms with Crippen molar-refractivity contribution in [2.75, 3.05) is 0 Å². The van der Waals surface area contributed by atoms with Gasteiger partial charge in [0.15, 0.2) is 0 Å². The van der Waals surface area contributed by atoms with E-state index in [1.54, 1.807) is 6.92 Å². The predicted molar refractivity (Wildman–Crippen MR) is 114 cm³/mol. The van der Waals surface area contributed by atoms with Crippen LogP contribution in [0.3, 0.4) is 0 Å². The summed E-state index contributed by atoms with van der Waals surface area (Å²) in [6.07, 6.45) is 17.0. The molecule has 0 aliphatic heterocycles. The molecule has 3 unspecified atom stereocenters. The third-order valence-corrected chi connectivity index (χ3v) is 6.51. The average Bonchev–Trinajstić information content (AvgIpc) is 2.67. The largest absolute Gasteiger partial charge is 0.481 e. The molecule has 4 heteroatoms. The molecule has 0 bridgehead atoms. The summed E-state index contributed by atoms with van der Waals surface area (Å²) in [7, 11) is 0. The molecular formula is C24H44O4. The number of esters is 1. The molecule has 4 nitrogen and oxygen atoms in total. The summed E-state index contributed by atoms with van der Waals surface area (Å²) in [5.74, 6) is -1.74. The number of carbonyl (C=O) groups is 2. The van der Waals surface area contributed by atoms with Crippen LogP contribution in [0, 0.1) is 11.3 Å². The first-order chi connectivity index (χ1) is 13.5. The minimum absolute atomic E-state index is 0.0549. The molecule has 164 valence electrons. The lowest BCUT2D eigenvalue weighted by atomic mass is 9.67. The fourth-order valence-corrected chi connectivity index (χ4v) is 4.46. The quantitative estimate of drug-likeness (QED) is 0.241. The van der Waals surface area contributed by atoms with Crippen molar-refractivity contribution in [3.8, 4) is 0 Å². The first-order valence-corrected chi connectivity index (χ1v) is 11.9. The number of rotatable bonds is 15. The molecule has 0 spiro atoms. The molecular weight excluding hydrogens is 352 g/mol. The Bertz CT molecular complexity index is 448. The maximum atomic E-state index is 13.0. The summed E-state index contributed by atoms with van der Waals surface area (Å²) >= 11 is 0. The van der Waals surface area contributed by atoms with Gasteiger partial charge in [-0.25, -0.2) is 0 Å². The Morgan fingerprint density at radius 2 is 1.50 bits per heavy atom. The maximum Gasteiger partial charge on any atom is 0.312 e. The monoisotopic (exact) mass is 396 g/mol. The van der Waals surface area contributed by atoms with Crippen LogP contribution in [0.1, 0.15) is 124 Å². The number of carboxylic acids is 1. The third kappa shape index (κ3) is 8.53. The highest BCUT2D eigenvalue weighted by Gasteiger charge is 2.48. The van der Waals surface area contributed by atoms with Gasteiger partial charge in [-0.3, -0.25) is 9.59 Å². The number of hydrogen-bond acceptors (Lipinski definition) is 3. The van der Waals surface area contributed by atoms with Crippen molar-refractivity contribution >= 4 is 11.9 Å². The Morgan fingerprint density at radius 3 is 2.11 bits per heavy atom. The van der Waals surface area contributed by atoms with Crippen LogP contribution >= 0.6 is 0 Å². The van der Waals surface area contributed by atoms with Crippen molar-refractivity contribution < 1.29 is 19.4 Å². The van der Waals surface area contributed by atoms with Gasteiger partial charge in [-0.05, 0) is 39.0 Å². The maximum absolute atomic E-state index is 13.0. The van der Waals surface area contributed by atoms with Gasteiger partial charge in [0.05, 0.1) is 11.3 Å². The highest BCUT2D eigenvalue weighted by Crippen LogP contribution is 2.42. The molecule has 0 saturated heterocycles. The zero-order valence-corrected chi connectivity index (χ0v) is 18.6. The summed E-state index contributed by atoms with van der Waals surface area (Å²) < 4.78 is 5.93. The molecule has 0 aromatic heterocycles. The molecule has 28 heavy (non-hydrogen) atoms. The van der Waals surface area contributed by atoms with E-state index in [2.05, 4.69) is 13.8 Å². The standard InChI is InChI=1S/C24H44O4/c1-4-6-8-9-10-11-12-13-17-20(16-7-5-2)28-23(27)24(3)19-15-14-18-21(24)22(25)26/h20-21H,4-19H2,1-3H3,(H,25,26). The van der Waals surface area contributed by atoms with Gasteiger partial charge in [0.1, 0.15) is 6.10 Å². The molecule has 0 aromatic carbocycles. The Balaban J connectivity index is 2.48. The van der Waals surface area contributed by atoms with E-state index < -0.39 is 17.3 Å². The van der Waals surface area contributed by atoms with Gasteiger partial charge in [0.25, 0.3) is 0 Å². The van der Waals surface area contributed by atoms with Crippen molar-refractivity contribution in [2.24, 2.45) is 11.3 Å². The SMILES string of the molecule is CCCCCCCCCCC(CCCC)OC(=O)C1(C)CCCCC1C(=O)O. The van der Waals surface area contributed by atoms with Gasteiger partial charge in [-0.15, -0.1) is 0 Å². The molecule has 1 fully saturated rings. The van der Waals surface area contributed by atoms with Crippen LogP contribution in [0.25, 0.3) is 0 Å². The zero-order valence-electron chi connectivity index (χ0n) is 18.6. The van der Waals surface area contributed by atoms with Gasteiger partial charge in [0.2, 0.25) is 0 Å². The number of ether oxygens (including phenoxy) is 1. The van der Waals surface area contributed by atoms with Gasteiger partial charge in [-0.2, -0.15) is 0 Å². The predicted octanol–water partition coefficient (Wildman–Crippen LogP) is 6.90. The number of unbranched alkanes of at least 4 members (excludes halogenated alkanes) is 8. The van der Waals surface area contributed by atoms with E-state index in [-0.39, 0.29) is 12.1 Å². The molecule has 0 aromatic rings. The summed E-state index contributed by atoms with van der Waals surface area (Å²) in [6.45, 7) is 6.20. The molecule has 1 aliphatic rings. The lowest BCUT2D eigenvalue weighted by Gasteiger charge is -2.37. The summed E-state index contributed by atoms with van der Waals surface area (Å²) in [5, 5.41) is 9.57. The fraction of sp³-hybridized carbons (Fsp3) is 0.917. The zero-order chi connectivity index (χ0) is 20.8. The number of carboxylic acid groups (broad SMARTS) is 1. The van der Waals surface area contributed by atoms with Gasteiger partial charge in [-0.1, -0.05) is 84.5 Å². The fourth-order valence-electron chi connectivity index (χ4n) is 4.46. The average molecular weight is 397 g/mol. The second-order valence-corrected chi connectivity index (χ2v) is 8.99. The number of carbonyl (C=O) groups excluding carboxylic acids is 1. The Morgan fingerprint density at radius 1 is 0.929 bits per heavy atom. The van der Waals surface area contributed by atoms with Crippen LogP contribution < -0.4 is 0 Å². The Hall–Kier alpha value is -1.06. The third-order valence-electron chi connectivity index (χ3n) is 6.51. The van der Waals surface area contributed by atoms with Crippen LogP contribution in [-0.4, -0.2) is 23.1 Å². The van der Waals surface area contributed by atoms with E-state index in [0.29, 0.717) is 12.8 Å². The topological polar surface area (TPSA) is 63.6 Å². The molecule has 1 saturated carbocycles. The van der Waals surface area contributed by atoms with Crippen molar-refractivity contribution in [2.45, 2.75) is 130 Å². The van der Waals surface area contributed by atoms with E-state index in [0.717, 1.165) is 44.9 Å². The lowest BCUT2D eigenvalue weighted by molar-refractivity contribution is -0.174. The molecule has 1 rings (SSSR count). The van der Waals surface area contributed by atoms with Gasteiger partial charge in [0, 0.05) is 0 Å². The normalized spacial score (nSPS) is 23.3. The summed E-state index contributed by atoms with van der Waals surface area (Å²) in [6, 6.07) is 0. The smallest absolute Gasteiger partial charge is 0.312 e. The van der Waals surface area contributed by atoms with E-state index in [1.165, 1.54) is 44.9 Å². The van der Waals surface area contributed by atoms with Crippen LogP contribution in [0.2, 0.25) is 0 Å². The minimum atomic E-state index is -0.867. The number of hydrogen-bond donors (Lipinski definition) is 1.